The summed E-state index contributed by atoms with van der Waals surface area (Å²) in [6, 6.07) is 4.04. The Morgan fingerprint density at radius 1 is 1.35 bits per heavy atom. The molecule has 0 aliphatic carbocycles. The molecule has 0 amide bonds. The van der Waals surface area contributed by atoms with Crippen molar-refractivity contribution in [1.82, 2.24) is 15.1 Å². The summed E-state index contributed by atoms with van der Waals surface area (Å²) in [7, 11) is 1.38. The monoisotopic (exact) mass is 317 g/mol. The molecule has 0 saturated carbocycles. The molecule has 3 rings (SSSR count). The van der Waals surface area contributed by atoms with E-state index in [1.165, 1.54) is 7.11 Å². The van der Waals surface area contributed by atoms with Gasteiger partial charge in [0.1, 0.15) is 11.3 Å². The van der Waals surface area contributed by atoms with Gasteiger partial charge in [0.05, 0.1) is 24.8 Å². The minimum Gasteiger partial charge on any atom is -0.490 e. The van der Waals surface area contributed by atoms with Crippen LogP contribution in [0.15, 0.2) is 18.3 Å². The first-order valence-electron chi connectivity index (χ1n) is 8.07. The normalized spacial score (nSPS) is 16.0. The molecule has 23 heavy (non-hydrogen) atoms. The summed E-state index contributed by atoms with van der Waals surface area (Å²) in [6.45, 7) is 5.88. The first kappa shape index (κ1) is 15.8. The Bertz CT molecular complexity index is 702. The molecule has 0 bridgehead atoms. The van der Waals surface area contributed by atoms with Crippen LogP contribution in [0.25, 0.3) is 10.9 Å². The highest BCUT2D eigenvalue weighted by Crippen LogP contribution is 2.29. The van der Waals surface area contributed by atoms with E-state index in [4.69, 9.17) is 9.47 Å². The van der Waals surface area contributed by atoms with Crippen LogP contribution in [0.4, 0.5) is 0 Å². The molecule has 2 aromatic rings. The third-order valence-corrected chi connectivity index (χ3v) is 4.07. The molecule has 6 nitrogen and oxygen atoms in total. The maximum atomic E-state index is 12.0. The van der Waals surface area contributed by atoms with E-state index in [1.54, 1.807) is 0 Å². The van der Waals surface area contributed by atoms with Gasteiger partial charge in [-0.3, -0.25) is 4.68 Å². The number of benzene rings is 1. The second-order valence-electron chi connectivity index (χ2n) is 6.16. The number of hydrogen-bond acceptors (Lipinski definition) is 5. The number of ether oxygens (including phenoxy) is 2. The predicted octanol–water partition coefficient (Wildman–Crippen LogP) is 2.53. The lowest BCUT2D eigenvalue weighted by Gasteiger charge is -2.22. The van der Waals surface area contributed by atoms with Crippen LogP contribution in [0.3, 0.4) is 0 Å². The van der Waals surface area contributed by atoms with Crippen molar-refractivity contribution in [3.05, 3.63) is 23.9 Å². The molecule has 2 heterocycles. The number of methoxy groups -OCH3 is 1. The minimum atomic E-state index is -0.392. The molecule has 0 atom stereocenters. The molecule has 1 aromatic heterocycles. The minimum absolute atomic E-state index is 0.0256. The molecule has 1 aliphatic rings. The van der Waals surface area contributed by atoms with Gasteiger partial charge in [-0.15, -0.1) is 0 Å². The Labute approximate surface area is 135 Å². The Hall–Kier alpha value is -2.08. The Balaban J connectivity index is 2.01. The standard InChI is InChI=1S/C17H23N3O3/c1-11(2)23-16-9-15-12(8-14(16)17(21)22-3)10-20(19-15)13-4-6-18-7-5-13/h8-11,13,18H,4-7H2,1-3H3. The first-order valence-corrected chi connectivity index (χ1v) is 8.07. The summed E-state index contributed by atoms with van der Waals surface area (Å²) in [5.74, 6) is 0.132. The first-order chi connectivity index (χ1) is 11.1. The third kappa shape index (κ3) is 3.32. The highest BCUT2D eigenvalue weighted by Gasteiger charge is 2.20. The lowest BCUT2D eigenvalue weighted by atomic mass is 10.1. The van der Waals surface area contributed by atoms with E-state index in [0.717, 1.165) is 36.8 Å². The van der Waals surface area contributed by atoms with Gasteiger partial charge in [0.15, 0.2) is 0 Å². The number of nitrogens with zero attached hydrogens (tertiary/aromatic N) is 2. The van der Waals surface area contributed by atoms with Crippen LogP contribution in [0, 0.1) is 0 Å². The van der Waals surface area contributed by atoms with Gasteiger partial charge in [0.2, 0.25) is 0 Å². The van der Waals surface area contributed by atoms with E-state index in [9.17, 15) is 4.79 Å². The largest absolute Gasteiger partial charge is 0.490 e. The van der Waals surface area contributed by atoms with Crippen molar-refractivity contribution in [2.24, 2.45) is 0 Å². The van der Waals surface area contributed by atoms with Gasteiger partial charge in [-0.25, -0.2) is 4.79 Å². The van der Waals surface area contributed by atoms with Crippen molar-refractivity contribution in [3.8, 4) is 5.75 Å². The van der Waals surface area contributed by atoms with Crippen LogP contribution in [-0.4, -0.2) is 42.1 Å². The summed E-state index contributed by atoms with van der Waals surface area (Å²) in [5.41, 5.74) is 1.28. The zero-order valence-corrected chi connectivity index (χ0v) is 13.8. The van der Waals surface area contributed by atoms with Gasteiger partial charge in [-0.05, 0) is 45.8 Å². The molecule has 1 aromatic carbocycles. The smallest absolute Gasteiger partial charge is 0.341 e. The highest BCUT2D eigenvalue weighted by atomic mass is 16.5. The quantitative estimate of drug-likeness (QED) is 0.878. The maximum absolute atomic E-state index is 12.0. The van der Waals surface area contributed by atoms with Crippen LogP contribution in [0.2, 0.25) is 0 Å². The van der Waals surface area contributed by atoms with Crippen LogP contribution < -0.4 is 10.1 Å². The van der Waals surface area contributed by atoms with Crippen molar-refractivity contribution < 1.29 is 14.3 Å². The topological polar surface area (TPSA) is 65.4 Å². The Morgan fingerprint density at radius 3 is 2.74 bits per heavy atom. The van der Waals surface area contributed by atoms with Crippen molar-refractivity contribution in [1.29, 1.82) is 0 Å². The van der Waals surface area contributed by atoms with Gasteiger partial charge in [-0.1, -0.05) is 0 Å². The number of esters is 1. The van der Waals surface area contributed by atoms with E-state index in [1.807, 2.05) is 36.9 Å². The molecule has 0 unspecified atom stereocenters. The summed E-state index contributed by atoms with van der Waals surface area (Å²) in [6.07, 6.45) is 4.11. The van der Waals surface area contributed by atoms with Crippen molar-refractivity contribution in [3.63, 3.8) is 0 Å². The maximum Gasteiger partial charge on any atom is 0.341 e. The molecular weight excluding hydrogens is 294 g/mol. The summed E-state index contributed by atoms with van der Waals surface area (Å²) >= 11 is 0. The number of aromatic nitrogens is 2. The van der Waals surface area contributed by atoms with Gasteiger partial charge in [-0.2, -0.15) is 5.10 Å². The van der Waals surface area contributed by atoms with Crippen molar-refractivity contribution >= 4 is 16.9 Å². The summed E-state index contributed by atoms with van der Waals surface area (Å²) in [4.78, 5) is 12.0. The summed E-state index contributed by atoms with van der Waals surface area (Å²) in [5, 5.41) is 8.98. The van der Waals surface area contributed by atoms with E-state index in [-0.39, 0.29) is 6.10 Å². The Morgan fingerprint density at radius 2 is 2.09 bits per heavy atom. The SMILES string of the molecule is COC(=O)c1cc2cn(C3CCNCC3)nc2cc1OC(C)C. The molecule has 1 fully saturated rings. The van der Waals surface area contributed by atoms with E-state index in [2.05, 4.69) is 10.4 Å². The lowest BCUT2D eigenvalue weighted by molar-refractivity contribution is 0.0594. The molecule has 0 radical (unpaired) electrons. The summed E-state index contributed by atoms with van der Waals surface area (Å²) < 4.78 is 12.7. The fraction of sp³-hybridized carbons (Fsp3) is 0.529. The zero-order valence-electron chi connectivity index (χ0n) is 13.8. The average molecular weight is 317 g/mol. The number of nitrogens with one attached hydrogen (secondary N) is 1. The molecular formula is C17H23N3O3. The number of fused-ring (bicyclic) bond motifs is 1. The number of piperidine rings is 1. The lowest BCUT2D eigenvalue weighted by Crippen LogP contribution is -2.29. The van der Waals surface area contributed by atoms with Gasteiger partial charge in [0.25, 0.3) is 0 Å². The van der Waals surface area contributed by atoms with Crippen LogP contribution in [0.1, 0.15) is 43.1 Å². The number of carbonyl (C=O) groups excluding carboxylic acids is 1. The Kier molecular flexibility index (Phi) is 4.52. The van der Waals surface area contributed by atoms with Crippen LogP contribution in [0.5, 0.6) is 5.75 Å². The van der Waals surface area contributed by atoms with E-state index < -0.39 is 5.97 Å². The van der Waals surface area contributed by atoms with E-state index >= 15 is 0 Å². The fourth-order valence-corrected chi connectivity index (χ4v) is 2.95. The molecule has 1 aliphatic heterocycles. The second-order valence-corrected chi connectivity index (χ2v) is 6.16. The number of hydrogen-bond donors (Lipinski definition) is 1. The van der Waals surface area contributed by atoms with Crippen molar-refractivity contribution in [2.45, 2.75) is 38.8 Å². The molecule has 124 valence electrons. The molecule has 0 spiro atoms. The molecule has 1 saturated heterocycles. The predicted molar refractivity (Wildman–Crippen MR) is 88.0 cm³/mol. The van der Waals surface area contributed by atoms with E-state index in [0.29, 0.717) is 17.4 Å². The van der Waals surface area contributed by atoms with Crippen molar-refractivity contribution in [2.75, 3.05) is 20.2 Å². The third-order valence-electron chi connectivity index (χ3n) is 4.07. The van der Waals surface area contributed by atoms with Crippen LogP contribution >= 0.6 is 0 Å². The molecule has 6 heteroatoms. The van der Waals surface area contributed by atoms with Gasteiger partial charge in [0, 0.05) is 17.6 Å². The van der Waals surface area contributed by atoms with Gasteiger partial charge >= 0.3 is 5.97 Å². The highest BCUT2D eigenvalue weighted by molar-refractivity contribution is 5.97. The zero-order chi connectivity index (χ0) is 16.4. The number of carbonyl (C=O) groups is 1. The average Bonchev–Trinajstić information content (AvgIpc) is 2.96. The number of rotatable bonds is 4. The second kappa shape index (κ2) is 6.58. The van der Waals surface area contributed by atoms with Gasteiger partial charge < -0.3 is 14.8 Å². The fourth-order valence-electron chi connectivity index (χ4n) is 2.95. The molecule has 1 N–H and O–H groups in total. The van der Waals surface area contributed by atoms with Crippen LogP contribution in [-0.2, 0) is 4.74 Å².